The molecule has 2 rings (SSSR count). The zero-order valence-corrected chi connectivity index (χ0v) is 14.7. The highest BCUT2D eigenvalue weighted by molar-refractivity contribution is 7.90. The Morgan fingerprint density at radius 3 is 2.13 bits per heavy atom. The summed E-state index contributed by atoms with van der Waals surface area (Å²) in [5, 5.41) is 15.0. The molecule has 126 valence electrons. The molecule has 1 N–H and O–H groups in total. The topological polar surface area (TPSA) is 95.6 Å². The van der Waals surface area contributed by atoms with Crippen LogP contribution in [0, 0.1) is 0 Å². The third kappa shape index (κ3) is 3.81. The molecule has 23 heavy (non-hydrogen) atoms. The summed E-state index contributed by atoms with van der Waals surface area (Å²) in [6, 6.07) is 7.86. The molecule has 0 aliphatic carbocycles. The maximum Gasteiger partial charge on any atom is 0.219 e. The molecule has 0 saturated heterocycles. The van der Waals surface area contributed by atoms with Gasteiger partial charge in [0, 0.05) is 12.1 Å². The second-order valence-electron chi connectivity index (χ2n) is 6.01. The number of sulfonamides is 1. The van der Waals surface area contributed by atoms with Crippen LogP contribution in [-0.4, -0.2) is 20.2 Å². The lowest BCUT2D eigenvalue weighted by molar-refractivity contribution is 0.447. The van der Waals surface area contributed by atoms with E-state index >= 15 is 0 Å². The number of nitrogens with zero attached hydrogens (tertiary/aromatic N) is 4. The maximum absolute atomic E-state index is 11.8. The Morgan fingerprint density at radius 1 is 1.09 bits per heavy atom. The Bertz CT molecular complexity index is 683. The van der Waals surface area contributed by atoms with Crippen LogP contribution in [0.25, 0.3) is 0 Å². The van der Waals surface area contributed by atoms with Gasteiger partial charge in [0.15, 0.2) is 0 Å². The predicted molar refractivity (Wildman–Crippen MR) is 88.6 cm³/mol. The summed E-state index contributed by atoms with van der Waals surface area (Å²) >= 11 is 0. The molecular weight excluding hydrogens is 314 g/mol. The van der Waals surface area contributed by atoms with Crippen molar-refractivity contribution in [3.63, 3.8) is 0 Å². The number of nitrogens with one attached hydrogen (secondary N) is 1. The van der Waals surface area contributed by atoms with Crippen molar-refractivity contribution < 1.29 is 8.42 Å². The normalized spacial score (nSPS) is 17.8. The van der Waals surface area contributed by atoms with Gasteiger partial charge in [-0.05, 0) is 42.2 Å². The van der Waals surface area contributed by atoms with Crippen LogP contribution in [0.1, 0.15) is 51.2 Å². The van der Waals surface area contributed by atoms with Crippen LogP contribution in [0.3, 0.4) is 0 Å². The van der Waals surface area contributed by atoms with Gasteiger partial charge in [-0.15, -0.1) is 10.2 Å². The van der Waals surface area contributed by atoms with E-state index in [0.717, 1.165) is 11.1 Å². The van der Waals surface area contributed by atoms with E-state index in [2.05, 4.69) is 25.4 Å². The van der Waals surface area contributed by atoms with Crippen molar-refractivity contribution in [2.24, 2.45) is 20.7 Å². The highest BCUT2D eigenvalue weighted by Crippen LogP contribution is 2.35. The van der Waals surface area contributed by atoms with Crippen molar-refractivity contribution >= 4 is 10.0 Å². The average molecular weight is 337 g/mol. The first-order chi connectivity index (χ1) is 10.8. The summed E-state index contributed by atoms with van der Waals surface area (Å²) in [6.45, 7) is 7.68. The van der Waals surface area contributed by atoms with Crippen LogP contribution in [0.15, 0.2) is 44.9 Å². The van der Waals surface area contributed by atoms with Gasteiger partial charge in [-0.25, -0.2) is 13.1 Å². The third-order valence-corrected chi connectivity index (χ3v) is 5.92. The molecule has 0 amide bonds. The van der Waals surface area contributed by atoms with Crippen LogP contribution in [0.4, 0.5) is 0 Å². The van der Waals surface area contributed by atoms with Gasteiger partial charge in [-0.2, -0.15) is 0 Å². The van der Waals surface area contributed by atoms with Crippen LogP contribution in [-0.2, 0) is 15.7 Å². The quantitative estimate of drug-likeness (QED) is 0.824. The first kappa shape index (κ1) is 17.7. The molecule has 8 heteroatoms. The fraction of sp³-hybridized carbons (Fsp3) is 0.600. The zero-order valence-electron chi connectivity index (χ0n) is 13.9. The summed E-state index contributed by atoms with van der Waals surface area (Å²) < 4.78 is 26.3. The molecule has 0 spiro atoms. The van der Waals surface area contributed by atoms with E-state index in [4.69, 9.17) is 0 Å². The zero-order chi connectivity index (χ0) is 17.1. The molecule has 1 aromatic carbocycles. The van der Waals surface area contributed by atoms with Crippen LogP contribution < -0.4 is 4.72 Å². The van der Waals surface area contributed by atoms with Crippen molar-refractivity contribution in [1.29, 1.82) is 0 Å². The van der Waals surface area contributed by atoms with E-state index < -0.39 is 20.9 Å². The summed E-state index contributed by atoms with van der Waals surface area (Å²) in [5.74, 6) is 0.0713. The van der Waals surface area contributed by atoms with Crippen LogP contribution in [0.5, 0.6) is 0 Å². The van der Waals surface area contributed by atoms with Gasteiger partial charge in [-0.1, -0.05) is 38.1 Å². The average Bonchev–Trinajstić information content (AvgIpc) is 3.03. The fourth-order valence-electron chi connectivity index (χ4n) is 2.27. The highest BCUT2D eigenvalue weighted by Gasteiger charge is 2.33. The molecule has 1 unspecified atom stereocenters. The lowest BCUT2D eigenvalue weighted by atomic mass is 9.94. The lowest BCUT2D eigenvalue weighted by Gasteiger charge is -2.19. The van der Waals surface area contributed by atoms with Gasteiger partial charge >= 0.3 is 0 Å². The molecular formula is C15H23N5O2S. The Labute approximate surface area is 137 Å². The Kier molecular flexibility index (Phi) is 5.26. The van der Waals surface area contributed by atoms with Crippen LogP contribution >= 0.6 is 0 Å². The summed E-state index contributed by atoms with van der Waals surface area (Å²) in [6.07, 6.45) is 0.684. The van der Waals surface area contributed by atoms with E-state index in [0.29, 0.717) is 13.0 Å². The molecule has 0 aromatic heterocycles. The second-order valence-corrected chi connectivity index (χ2v) is 8.34. The summed E-state index contributed by atoms with van der Waals surface area (Å²) in [5.41, 5.74) is 1.28. The van der Waals surface area contributed by atoms with Crippen LogP contribution in [0.2, 0.25) is 0 Å². The molecule has 1 aromatic rings. The van der Waals surface area contributed by atoms with E-state index in [-0.39, 0.29) is 5.92 Å². The second kappa shape index (κ2) is 6.84. The lowest BCUT2D eigenvalue weighted by Crippen LogP contribution is -2.33. The summed E-state index contributed by atoms with van der Waals surface area (Å²) in [4.78, 5) is 0. The van der Waals surface area contributed by atoms with Crippen molar-refractivity contribution in [2.75, 3.05) is 6.54 Å². The predicted octanol–water partition coefficient (Wildman–Crippen LogP) is 3.51. The number of rotatable bonds is 7. The fourth-order valence-corrected chi connectivity index (χ4v) is 3.09. The maximum atomic E-state index is 11.8. The minimum atomic E-state index is -3.24. The molecule has 0 radical (unpaired) electrons. The first-order valence-electron chi connectivity index (χ1n) is 7.73. The van der Waals surface area contributed by atoms with Crippen molar-refractivity contribution in [3.8, 4) is 0 Å². The standard InChI is InChI=1S/C15H23N5O2S/c1-5-15(17-19-20-18-15)14-8-6-13(7-9-14)12(4)10-16-23(21,22)11(2)3/h6-9,11-12,16H,5,10H2,1-4H3. The molecule has 7 nitrogen and oxygen atoms in total. The monoisotopic (exact) mass is 337 g/mol. The van der Waals surface area contributed by atoms with Gasteiger partial charge in [0.05, 0.1) is 5.25 Å². The van der Waals surface area contributed by atoms with Gasteiger partial charge in [0.2, 0.25) is 15.7 Å². The Hall–Kier alpha value is -1.67. The van der Waals surface area contributed by atoms with Gasteiger partial charge < -0.3 is 0 Å². The smallest absolute Gasteiger partial charge is 0.214 e. The molecule has 0 bridgehead atoms. The molecule has 1 atom stereocenters. The summed E-state index contributed by atoms with van der Waals surface area (Å²) in [7, 11) is -3.24. The Morgan fingerprint density at radius 2 is 1.65 bits per heavy atom. The van der Waals surface area contributed by atoms with Crippen molar-refractivity contribution in [2.45, 2.75) is 50.9 Å². The number of hydrogen-bond donors (Lipinski definition) is 1. The van der Waals surface area contributed by atoms with Gasteiger partial charge in [0.1, 0.15) is 0 Å². The number of benzene rings is 1. The number of hydrogen-bond acceptors (Lipinski definition) is 6. The van der Waals surface area contributed by atoms with Crippen molar-refractivity contribution in [3.05, 3.63) is 35.4 Å². The largest absolute Gasteiger partial charge is 0.219 e. The van der Waals surface area contributed by atoms with E-state index in [1.807, 2.05) is 38.1 Å². The Balaban J connectivity index is 2.08. The van der Waals surface area contributed by atoms with Gasteiger partial charge in [0.25, 0.3) is 0 Å². The molecule has 1 aliphatic rings. The first-order valence-corrected chi connectivity index (χ1v) is 9.28. The van der Waals surface area contributed by atoms with Gasteiger partial charge in [-0.3, -0.25) is 0 Å². The van der Waals surface area contributed by atoms with E-state index in [1.165, 1.54) is 0 Å². The molecule has 0 saturated carbocycles. The molecule has 1 heterocycles. The highest BCUT2D eigenvalue weighted by atomic mass is 32.2. The van der Waals surface area contributed by atoms with E-state index in [1.54, 1.807) is 13.8 Å². The van der Waals surface area contributed by atoms with Crippen molar-refractivity contribution in [1.82, 2.24) is 4.72 Å². The van der Waals surface area contributed by atoms with E-state index in [9.17, 15) is 8.42 Å². The molecule has 0 fully saturated rings. The third-order valence-electron chi connectivity index (χ3n) is 4.11. The minimum absolute atomic E-state index is 0.0713. The molecule has 1 aliphatic heterocycles. The minimum Gasteiger partial charge on any atom is -0.214 e. The SMILES string of the molecule is CCC1(c2ccc(C(C)CNS(=O)(=O)C(C)C)cc2)N=NN=N1.